The number of pyridine rings is 2. The van der Waals surface area contributed by atoms with Crippen molar-refractivity contribution >= 4 is 25.7 Å². The van der Waals surface area contributed by atoms with Crippen LogP contribution in [0.15, 0.2) is 54.6 Å². The molecule has 2 fully saturated rings. The number of carbonyl (C=O) groups excluding carboxylic acids is 1. The van der Waals surface area contributed by atoms with Crippen LogP contribution in [0.5, 0.6) is 0 Å². The molecule has 0 saturated heterocycles. The van der Waals surface area contributed by atoms with E-state index in [0.29, 0.717) is 23.0 Å². The van der Waals surface area contributed by atoms with E-state index in [9.17, 15) is 10.1 Å². The number of benzene rings is 1. The van der Waals surface area contributed by atoms with Gasteiger partial charge in [-0.15, -0.1) is 0 Å². The lowest BCUT2D eigenvalue weighted by atomic mass is 9.76. The van der Waals surface area contributed by atoms with Crippen molar-refractivity contribution in [3.63, 3.8) is 0 Å². The highest BCUT2D eigenvalue weighted by Crippen LogP contribution is 2.49. The van der Waals surface area contributed by atoms with Gasteiger partial charge in [-0.1, -0.05) is 51.5 Å². The van der Waals surface area contributed by atoms with Gasteiger partial charge in [0.25, 0.3) is 5.91 Å². The Hall–Kier alpha value is -3.58. The standard InChI is InChI=1S/C38H50N6O2Si/c1-37(2,3)47(5,6)46-29-19-21-38(22-20-29)30-15-18-35(43-34(30)25-44(38)4)42-32-17-16-31(41-33(32)24-39)27-13-10-14-28(23-27)40-36(45)26-11-8-7-9-12-26/h7-9,11-12,15-18,27-29H,10,13-14,19-23,25H2,1-6H3,(H,40,45)(H,42,43). The number of nitrogens with one attached hydrogen (secondary N) is 2. The van der Waals surface area contributed by atoms with Crippen LogP contribution in [-0.2, 0) is 16.5 Å². The van der Waals surface area contributed by atoms with Gasteiger partial charge in [0, 0.05) is 41.4 Å². The van der Waals surface area contributed by atoms with Crippen LogP contribution < -0.4 is 10.6 Å². The maximum absolute atomic E-state index is 12.7. The minimum absolute atomic E-state index is 0.00753. The van der Waals surface area contributed by atoms with E-state index < -0.39 is 8.32 Å². The number of aromatic nitrogens is 2. The first-order chi connectivity index (χ1) is 22.4. The van der Waals surface area contributed by atoms with Gasteiger partial charge in [-0.3, -0.25) is 9.69 Å². The zero-order valence-electron chi connectivity index (χ0n) is 28.9. The van der Waals surface area contributed by atoms with E-state index in [1.54, 1.807) is 0 Å². The van der Waals surface area contributed by atoms with Gasteiger partial charge in [-0.05, 0) is 106 Å². The highest BCUT2D eigenvalue weighted by atomic mass is 28.4. The van der Waals surface area contributed by atoms with Crippen LogP contribution in [0.25, 0.3) is 0 Å². The number of carbonyl (C=O) groups is 1. The van der Waals surface area contributed by atoms with Crippen LogP contribution in [-0.4, -0.2) is 48.3 Å². The number of hydrogen-bond donors (Lipinski definition) is 2. The van der Waals surface area contributed by atoms with Crippen molar-refractivity contribution in [3.8, 4) is 6.07 Å². The number of fused-ring (bicyclic) bond motifs is 2. The van der Waals surface area contributed by atoms with E-state index in [0.717, 1.165) is 75.1 Å². The first kappa shape index (κ1) is 33.3. The summed E-state index contributed by atoms with van der Waals surface area (Å²) in [4.78, 5) is 25.1. The van der Waals surface area contributed by atoms with Crippen LogP contribution in [0.2, 0.25) is 18.1 Å². The van der Waals surface area contributed by atoms with Crippen LogP contribution >= 0.6 is 0 Å². The second kappa shape index (κ2) is 13.1. The van der Waals surface area contributed by atoms with Crippen LogP contribution in [0.1, 0.15) is 111 Å². The van der Waals surface area contributed by atoms with Gasteiger partial charge in [0.05, 0.1) is 11.4 Å². The fourth-order valence-electron chi connectivity index (χ4n) is 7.60. The summed E-state index contributed by atoms with van der Waals surface area (Å²) >= 11 is 0. The van der Waals surface area contributed by atoms with E-state index in [4.69, 9.17) is 14.4 Å². The molecule has 248 valence electrons. The van der Waals surface area contributed by atoms with Crippen molar-refractivity contribution in [2.45, 2.75) is 120 Å². The highest BCUT2D eigenvalue weighted by Gasteiger charge is 2.48. The van der Waals surface area contributed by atoms with Crippen molar-refractivity contribution < 1.29 is 9.22 Å². The van der Waals surface area contributed by atoms with Gasteiger partial charge >= 0.3 is 0 Å². The van der Waals surface area contributed by atoms with Gasteiger partial charge < -0.3 is 15.1 Å². The number of anilines is 2. The molecule has 2 saturated carbocycles. The molecular weight excluding hydrogens is 601 g/mol. The molecule has 2 atom stereocenters. The quantitative estimate of drug-likeness (QED) is 0.249. The molecule has 2 unspecified atom stereocenters. The summed E-state index contributed by atoms with van der Waals surface area (Å²) in [5.74, 6) is 0.888. The average Bonchev–Trinajstić information content (AvgIpc) is 3.31. The summed E-state index contributed by atoms with van der Waals surface area (Å²) in [6.07, 6.45) is 8.39. The molecule has 1 spiro atoms. The summed E-state index contributed by atoms with van der Waals surface area (Å²) < 4.78 is 6.81. The maximum Gasteiger partial charge on any atom is 0.251 e. The third kappa shape index (κ3) is 6.87. The average molecular weight is 651 g/mol. The van der Waals surface area contributed by atoms with Gasteiger partial charge in [0.1, 0.15) is 11.9 Å². The van der Waals surface area contributed by atoms with Crippen LogP contribution in [0, 0.1) is 11.3 Å². The summed E-state index contributed by atoms with van der Waals surface area (Å²) in [5.41, 5.74) is 5.06. The van der Waals surface area contributed by atoms with E-state index in [1.807, 2.05) is 48.5 Å². The molecule has 0 radical (unpaired) electrons. The van der Waals surface area contributed by atoms with E-state index in [1.165, 1.54) is 5.56 Å². The minimum atomic E-state index is -1.80. The van der Waals surface area contributed by atoms with Crippen molar-refractivity contribution in [1.82, 2.24) is 20.2 Å². The van der Waals surface area contributed by atoms with Crippen molar-refractivity contribution in [2.24, 2.45) is 0 Å². The van der Waals surface area contributed by atoms with Gasteiger partial charge in [0.15, 0.2) is 14.0 Å². The predicted molar refractivity (Wildman–Crippen MR) is 189 cm³/mol. The number of nitriles is 1. The Bertz CT molecular complexity index is 1640. The third-order valence-corrected chi connectivity index (χ3v) is 15.9. The molecular formula is C38H50N6O2Si. The molecule has 3 aliphatic rings. The first-order valence-electron chi connectivity index (χ1n) is 17.3. The third-order valence-electron chi connectivity index (χ3n) is 11.4. The molecule has 9 heteroatoms. The fraction of sp³-hybridized carbons (Fsp3) is 0.526. The molecule has 1 amide bonds. The first-order valence-corrected chi connectivity index (χ1v) is 20.2. The second-order valence-electron chi connectivity index (χ2n) is 15.4. The van der Waals surface area contributed by atoms with Crippen LogP contribution in [0.4, 0.5) is 11.5 Å². The Balaban J connectivity index is 1.11. The number of rotatable bonds is 7. The largest absolute Gasteiger partial charge is 0.414 e. The number of nitrogens with zero attached hydrogens (tertiary/aromatic N) is 4. The SMILES string of the molecule is CN1Cc2nc(Nc3ccc(C4CCCC(NC(=O)c5ccccc5)C4)nc3C#N)ccc2C12CCC(O[Si](C)(C)C(C)(C)C)CC2. The van der Waals surface area contributed by atoms with Crippen molar-refractivity contribution in [3.05, 3.63) is 82.8 Å². The Morgan fingerprint density at radius 3 is 2.47 bits per heavy atom. The lowest BCUT2D eigenvalue weighted by Gasteiger charge is -2.46. The van der Waals surface area contributed by atoms with E-state index in [-0.39, 0.29) is 28.4 Å². The van der Waals surface area contributed by atoms with E-state index >= 15 is 0 Å². The molecule has 6 rings (SSSR count). The molecule has 2 aromatic heterocycles. The monoisotopic (exact) mass is 650 g/mol. The zero-order chi connectivity index (χ0) is 33.4. The molecule has 3 heterocycles. The minimum Gasteiger partial charge on any atom is -0.414 e. The molecule has 0 bridgehead atoms. The lowest BCUT2D eigenvalue weighted by molar-refractivity contribution is 0.0317. The Morgan fingerprint density at radius 1 is 1.02 bits per heavy atom. The van der Waals surface area contributed by atoms with Gasteiger partial charge in [-0.25, -0.2) is 9.97 Å². The predicted octanol–water partition coefficient (Wildman–Crippen LogP) is 8.15. The molecule has 1 aliphatic heterocycles. The normalized spacial score (nSPS) is 24.8. The molecule has 8 nitrogen and oxygen atoms in total. The molecule has 3 aromatic rings. The summed E-state index contributed by atoms with van der Waals surface area (Å²) in [6, 6.07) is 20.0. The van der Waals surface area contributed by atoms with Crippen molar-refractivity contribution in [1.29, 1.82) is 5.26 Å². The Morgan fingerprint density at radius 2 is 1.77 bits per heavy atom. The molecule has 2 aliphatic carbocycles. The Kier molecular flexibility index (Phi) is 9.32. The molecule has 2 N–H and O–H groups in total. The molecule has 1 aromatic carbocycles. The van der Waals surface area contributed by atoms with E-state index in [2.05, 4.69) is 68.6 Å². The molecule has 47 heavy (non-hydrogen) atoms. The van der Waals surface area contributed by atoms with Gasteiger partial charge in [-0.2, -0.15) is 5.26 Å². The summed E-state index contributed by atoms with van der Waals surface area (Å²) in [5, 5.41) is 16.9. The Labute approximate surface area is 281 Å². The topological polar surface area (TPSA) is 103 Å². The summed E-state index contributed by atoms with van der Waals surface area (Å²) in [7, 11) is 0.429. The lowest BCUT2D eigenvalue weighted by Crippen LogP contribution is -2.48. The highest BCUT2D eigenvalue weighted by molar-refractivity contribution is 6.74. The zero-order valence-corrected chi connectivity index (χ0v) is 29.9. The summed E-state index contributed by atoms with van der Waals surface area (Å²) in [6.45, 7) is 12.5. The van der Waals surface area contributed by atoms with Crippen LogP contribution in [0.3, 0.4) is 0 Å². The second-order valence-corrected chi connectivity index (χ2v) is 20.2. The van der Waals surface area contributed by atoms with Gasteiger partial charge in [0.2, 0.25) is 0 Å². The number of hydrogen-bond acceptors (Lipinski definition) is 7. The smallest absolute Gasteiger partial charge is 0.251 e. The number of amides is 1. The fourth-order valence-corrected chi connectivity index (χ4v) is 9.02. The van der Waals surface area contributed by atoms with Crippen molar-refractivity contribution in [2.75, 3.05) is 12.4 Å². The maximum atomic E-state index is 12.7.